The molecule has 0 amide bonds. The summed E-state index contributed by atoms with van der Waals surface area (Å²) in [6.45, 7) is 6.51. The van der Waals surface area contributed by atoms with E-state index in [2.05, 4.69) is 93.7 Å². The molecule has 6 nitrogen and oxygen atoms in total. The lowest BCUT2D eigenvalue weighted by Crippen LogP contribution is -2.30. The molecule has 62 heavy (non-hydrogen) atoms. The van der Waals surface area contributed by atoms with Crippen molar-refractivity contribution in [1.29, 1.82) is 0 Å². The van der Waals surface area contributed by atoms with E-state index in [4.69, 9.17) is 14.2 Å². The Labute approximate surface area is 382 Å². The van der Waals surface area contributed by atoms with E-state index >= 15 is 0 Å². The Morgan fingerprint density at radius 3 is 1.06 bits per heavy atom. The molecule has 0 fully saturated rings. The van der Waals surface area contributed by atoms with E-state index in [9.17, 15) is 14.4 Å². The van der Waals surface area contributed by atoms with Crippen LogP contribution in [0.25, 0.3) is 0 Å². The predicted molar refractivity (Wildman–Crippen MR) is 265 cm³/mol. The quantitative estimate of drug-likeness (QED) is 0.0262. The first-order chi connectivity index (χ1) is 30.5. The van der Waals surface area contributed by atoms with Gasteiger partial charge in [0.15, 0.2) is 6.10 Å². The second kappa shape index (κ2) is 50.5. The van der Waals surface area contributed by atoms with Crippen molar-refractivity contribution in [2.24, 2.45) is 0 Å². The number of ether oxygens (including phenoxy) is 3. The zero-order chi connectivity index (χ0) is 45.1. The number of carbonyl (C=O) groups is 3. The lowest BCUT2D eigenvalue weighted by atomic mass is 10.1. The molecule has 0 aromatic rings. The van der Waals surface area contributed by atoms with Gasteiger partial charge in [-0.15, -0.1) is 0 Å². The Hall–Kier alpha value is -3.15. The molecule has 0 bridgehead atoms. The maximum Gasteiger partial charge on any atom is 0.306 e. The van der Waals surface area contributed by atoms with Crippen LogP contribution in [0.3, 0.4) is 0 Å². The van der Waals surface area contributed by atoms with Gasteiger partial charge in [-0.1, -0.05) is 196 Å². The lowest BCUT2D eigenvalue weighted by Gasteiger charge is -2.18. The van der Waals surface area contributed by atoms with Crippen molar-refractivity contribution in [1.82, 2.24) is 0 Å². The van der Waals surface area contributed by atoms with E-state index in [0.717, 1.165) is 89.9 Å². The van der Waals surface area contributed by atoms with Gasteiger partial charge in [0.05, 0.1) is 0 Å². The summed E-state index contributed by atoms with van der Waals surface area (Å²) in [5, 5.41) is 0. The first-order valence-electron chi connectivity index (χ1n) is 25.9. The van der Waals surface area contributed by atoms with Gasteiger partial charge < -0.3 is 14.2 Å². The van der Waals surface area contributed by atoms with Gasteiger partial charge in [-0.05, 0) is 103 Å². The summed E-state index contributed by atoms with van der Waals surface area (Å²) in [7, 11) is 0. The Bertz CT molecular complexity index is 1180. The van der Waals surface area contributed by atoms with Crippen LogP contribution >= 0.6 is 0 Å². The number of esters is 3. The fraction of sp³-hybridized carbons (Fsp3) is 0.732. The largest absolute Gasteiger partial charge is 0.462 e. The molecular weight excluding hydrogens is 769 g/mol. The molecule has 6 heteroatoms. The Morgan fingerprint density at radius 1 is 0.323 bits per heavy atom. The minimum Gasteiger partial charge on any atom is -0.462 e. The third-order valence-electron chi connectivity index (χ3n) is 10.9. The van der Waals surface area contributed by atoms with Crippen molar-refractivity contribution in [3.63, 3.8) is 0 Å². The highest BCUT2D eigenvalue weighted by Crippen LogP contribution is 2.13. The monoisotopic (exact) mass is 865 g/mol. The molecular formula is C56H96O6. The van der Waals surface area contributed by atoms with Crippen LogP contribution in [0.2, 0.25) is 0 Å². The van der Waals surface area contributed by atoms with Gasteiger partial charge in [-0.2, -0.15) is 0 Å². The van der Waals surface area contributed by atoms with E-state index < -0.39 is 6.10 Å². The van der Waals surface area contributed by atoms with Crippen LogP contribution in [0.4, 0.5) is 0 Å². The molecule has 0 spiro atoms. The standard InChI is InChI=1S/C56H96O6/c1-4-7-10-13-16-19-22-24-26-28-30-31-34-37-40-43-46-49-55(58)61-52-53(51-60-54(57)48-45-42-39-36-33-21-18-15-12-9-6-3)62-56(59)50-47-44-41-38-35-32-29-27-25-23-20-17-14-11-8-5-2/h15-16,18-19,24,26-27,29-31,37,40,53H,4-14,17,20-23,25,28,32-36,38-39,41-52H2,1-3H3/b18-15-,19-16-,26-24-,29-27-,31-30-,40-37-/t53-/m1/s1. The predicted octanol–water partition coefficient (Wildman–Crippen LogP) is 17.0. The van der Waals surface area contributed by atoms with Gasteiger partial charge in [0.2, 0.25) is 0 Å². The summed E-state index contributed by atoms with van der Waals surface area (Å²) >= 11 is 0. The summed E-state index contributed by atoms with van der Waals surface area (Å²) < 4.78 is 16.7. The number of carbonyl (C=O) groups excluding carboxylic acids is 3. The topological polar surface area (TPSA) is 78.9 Å². The first-order valence-corrected chi connectivity index (χ1v) is 25.9. The van der Waals surface area contributed by atoms with Crippen LogP contribution in [0, 0.1) is 0 Å². The SMILES string of the molecule is CCCC/C=C\CCCCCCCC(=O)OC[C@H](COC(=O)CCC/C=C\C/C=C\C/C=C\C/C=C\CCCCC)OC(=O)CCCCCCC/C=C\CCCCCCCCC. The van der Waals surface area contributed by atoms with Gasteiger partial charge >= 0.3 is 17.9 Å². The molecule has 0 N–H and O–H groups in total. The lowest BCUT2D eigenvalue weighted by molar-refractivity contribution is -0.167. The number of hydrogen-bond donors (Lipinski definition) is 0. The maximum atomic E-state index is 12.8. The molecule has 356 valence electrons. The number of rotatable bonds is 46. The van der Waals surface area contributed by atoms with Crippen LogP contribution < -0.4 is 0 Å². The van der Waals surface area contributed by atoms with Crippen LogP contribution in [0.15, 0.2) is 72.9 Å². The number of allylic oxidation sites excluding steroid dienone is 12. The molecule has 0 aliphatic heterocycles. The van der Waals surface area contributed by atoms with Crippen LogP contribution in [-0.2, 0) is 28.6 Å². The molecule has 0 aliphatic rings. The van der Waals surface area contributed by atoms with Crippen molar-refractivity contribution < 1.29 is 28.6 Å². The van der Waals surface area contributed by atoms with Crippen molar-refractivity contribution in [3.05, 3.63) is 72.9 Å². The molecule has 0 aromatic heterocycles. The van der Waals surface area contributed by atoms with Crippen molar-refractivity contribution >= 4 is 17.9 Å². The molecule has 0 unspecified atom stereocenters. The maximum absolute atomic E-state index is 12.8. The van der Waals surface area contributed by atoms with Crippen LogP contribution in [0.1, 0.15) is 245 Å². The zero-order valence-electron chi connectivity index (χ0n) is 40.6. The normalized spacial score (nSPS) is 12.6. The Kier molecular flexibility index (Phi) is 47.9. The summed E-state index contributed by atoms with van der Waals surface area (Å²) in [6, 6.07) is 0. The molecule has 0 heterocycles. The fourth-order valence-corrected chi connectivity index (χ4v) is 6.94. The van der Waals surface area contributed by atoms with Crippen molar-refractivity contribution in [3.8, 4) is 0 Å². The van der Waals surface area contributed by atoms with E-state index in [1.54, 1.807) is 0 Å². The summed E-state index contributed by atoms with van der Waals surface area (Å²) in [5.41, 5.74) is 0. The van der Waals surface area contributed by atoms with E-state index in [0.29, 0.717) is 19.3 Å². The summed E-state index contributed by atoms with van der Waals surface area (Å²) in [4.78, 5) is 37.9. The number of hydrogen-bond acceptors (Lipinski definition) is 6. The second-order valence-corrected chi connectivity index (χ2v) is 17.1. The van der Waals surface area contributed by atoms with E-state index in [1.165, 1.54) is 109 Å². The van der Waals surface area contributed by atoms with Crippen LogP contribution in [0.5, 0.6) is 0 Å². The molecule has 1 atom stereocenters. The van der Waals surface area contributed by atoms with Crippen molar-refractivity contribution in [2.45, 2.75) is 252 Å². The molecule has 0 rings (SSSR count). The van der Waals surface area contributed by atoms with E-state index in [1.807, 2.05) is 0 Å². The summed E-state index contributed by atoms with van der Waals surface area (Å²) in [6.07, 6.45) is 63.2. The molecule has 0 aliphatic carbocycles. The third-order valence-corrected chi connectivity index (χ3v) is 10.9. The average molecular weight is 865 g/mol. The molecule has 0 aromatic carbocycles. The van der Waals surface area contributed by atoms with Gasteiger partial charge in [-0.3, -0.25) is 14.4 Å². The summed E-state index contributed by atoms with van der Waals surface area (Å²) in [5.74, 6) is -0.976. The zero-order valence-corrected chi connectivity index (χ0v) is 40.6. The minimum absolute atomic E-state index is 0.100. The van der Waals surface area contributed by atoms with E-state index in [-0.39, 0.29) is 37.5 Å². The van der Waals surface area contributed by atoms with Gasteiger partial charge in [0, 0.05) is 19.3 Å². The Balaban J connectivity index is 4.47. The average Bonchev–Trinajstić information content (AvgIpc) is 3.27. The van der Waals surface area contributed by atoms with Gasteiger partial charge in [0.25, 0.3) is 0 Å². The van der Waals surface area contributed by atoms with Crippen molar-refractivity contribution in [2.75, 3.05) is 13.2 Å². The van der Waals surface area contributed by atoms with Gasteiger partial charge in [0.1, 0.15) is 13.2 Å². The fourth-order valence-electron chi connectivity index (χ4n) is 6.94. The minimum atomic E-state index is -0.804. The molecule has 0 saturated carbocycles. The van der Waals surface area contributed by atoms with Crippen LogP contribution in [-0.4, -0.2) is 37.2 Å². The highest BCUT2D eigenvalue weighted by molar-refractivity contribution is 5.71. The first kappa shape index (κ1) is 58.9. The van der Waals surface area contributed by atoms with Gasteiger partial charge in [-0.25, -0.2) is 0 Å². The highest BCUT2D eigenvalue weighted by Gasteiger charge is 2.19. The Morgan fingerprint density at radius 2 is 0.613 bits per heavy atom. The molecule has 0 saturated heterocycles. The molecule has 0 radical (unpaired) electrons. The number of unbranched alkanes of at least 4 members (excludes halogenated alkanes) is 23. The second-order valence-electron chi connectivity index (χ2n) is 17.1. The smallest absolute Gasteiger partial charge is 0.306 e. The highest BCUT2D eigenvalue weighted by atomic mass is 16.6. The third kappa shape index (κ3) is 47.9.